The van der Waals surface area contributed by atoms with Crippen LogP contribution in [-0.2, 0) is 13.5 Å². The second-order valence-corrected chi connectivity index (χ2v) is 3.83. The van der Waals surface area contributed by atoms with Gasteiger partial charge < -0.3 is 9.67 Å². The van der Waals surface area contributed by atoms with Crippen LogP contribution in [0.15, 0.2) is 36.5 Å². The van der Waals surface area contributed by atoms with Gasteiger partial charge in [-0.3, -0.25) is 0 Å². The minimum atomic E-state index is -0.598. The first-order chi connectivity index (χ1) is 7.74. The summed E-state index contributed by atoms with van der Waals surface area (Å²) in [5, 5.41) is 10.2. The number of aliphatic hydroxyl groups excluding tert-OH is 1. The van der Waals surface area contributed by atoms with Crippen LogP contribution in [0.4, 0.5) is 0 Å². The third-order valence-electron chi connectivity index (χ3n) is 2.83. The van der Waals surface area contributed by atoms with Crippen LogP contribution in [0.25, 0.3) is 0 Å². The fourth-order valence-corrected chi connectivity index (χ4v) is 1.85. The number of aromatic nitrogens is 2. The second kappa shape index (κ2) is 4.49. The Balaban J connectivity index is 2.34. The van der Waals surface area contributed by atoms with E-state index in [-0.39, 0.29) is 0 Å². The van der Waals surface area contributed by atoms with Gasteiger partial charge in [-0.1, -0.05) is 37.3 Å². The zero-order valence-corrected chi connectivity index (χ0v) is 9.59. The summed E-state index contributed by atoms with van der Waals surface area (Å²) in [6.07, 6.45) is 2.02. The molecule has 3 nitrogen and oxygen atoms in total. The van der Waals surface area contributed by atoms with E-state index in [0.29, 0.717) is 0 Å². The van der Waals surface area contributed by atoms with Gasteiger partial charge in [-0.05, 0) is 5.56 Å². The maximum atomic E-state index is 10.2. The molecule has 0 bridgehead atoms. The van der Waals surface area contributed by atoms with Crippen molar-refractivity contribution in [2.24, 2.45) is 7.05 Å². The highest BCUT2D eigenvalue weighted by Crippen LogP contribution is 2.21. The molecule has 0 radical (unpaired) electrons. The average molecular weight is 216 g/mol. The summed E-state index contributed by atoms with van der Waals surface area (Å²) >= 11 is 0. The topological polar surface area (TPSA) is 38.1 Å². The lowest BCUT2D eigenvalue weighted by molar-refractivity contribution is 0.211. The van der Waals surface area contributed by atoms with Crippen molar-refractivity contribution in [1.82, 2.24) is 9.55 Å². The van der Waals surface area contributed by atoms with Crippen LogP contribution < -0.4 is 0 Å². The van der Waals surface area contributed by atoms with Crippen LogP contribution in [0.2, 0.25) is 0 Å². The van der Waals surface area contributed by atoms with E-state index in [2.05, 4.69) is 11.9 Å². The largest absolute Gasteiger partial charge is 0.382 e. The van der Waals surface area contributed by atoms with Gasteiger partial charge in [0.05, 0.1) is 11.9 Å². The Hall–Kier alpha value is -1.61. The molecule has 0 aliphatic heterocycles. The van der Waals surface area contributed by atoms with Gasteiger partial charge in [-0.15, -0.1) is 0 Å². The van der Waals surface area contributed by atoms with E-state index < -0.39 is 6.10 Å². The summed E-state index contributed by atoms with van der Waals surface area (Å²) in [6.45, 7) is 2.06. The molecule has 0 aliphatic rings. The maximum absolute atomic E-state index is 10.2. The highest BCUT2D eigenvalue weighted by atomic mass is 16.3. The van der Waals surface area contributed by atoms with Crippen molar-refractivity contribution >= 4 is 0 Å². The van der Waals surface area contributed by atoms with Crippen molar-refractivity contribution < 1.29 is 5.11 Å². The summed E-state index contributed by atoms with van der Waals surface area (Å²) in [7, 11) is 1.94. The molecule has 0 saturated carbocycles. The fraction of sp³-hybridized carbons (Fsp3) is 0.308. The van der Waals surface area contributed by atoms with E-state index in [1.54, 1.807) is 6.20 Å². The van der Waals surface area contributed by atoms with Crippen molar-refractivity contribution in [2.45, 2.75) is 19.4 Å². The minimum absolute atomic E-state index is 0.598. The molecule has 0 aliphatic carbocycles. The summed E-state index contributed by atoms with van der Waals surface area (Å²) in [5.41, 5.74) is 1.73. The molecule has 1 aromatic heterocycles. The van der Waals surface area contributed by atoms with Gasteiger partial charge in [0.15, 0.2) is 0 Å². The zero-order valence-electron chi connectivity index (χ0n) is 9.59. The van der Waals surface area contributed by atoms with Gasteiger partial charge in [0.25, 0.3) is 0 Å². The molecule has 0 saturated heterocycles. The molecule has 3 heteroatoms. The van der Waals surface area contributed by atoms with Crippen molar-refractivity contribution in [1.29, 1.82) is 0 Å². The third-order valence-corrected chi connectivity index (χ3v) is 2.83. The minimum Gasteiger partial charge on any atom is -0.382 e. The van der Waals surface area contributed by atoms with Crippen LogP contribution in [0.1, 0.15) is 30.1 Å². The first kappa shape index (κ1) is 10.9. The number of nitrogens with zero attached hydrogens (tertiary/aromatic N) is 2. The van der Waals surface area contributed by atoms with E-state index in [9.17, 15) is 5.11 Å². The Kier molecular flexibility index (Phi) is 3.06. The average Bonchev–Trinajstić information content (AvgIpc) is 2.70. The summed E-state index contributed by atoms with van der Waals surface area (Å²) in [5.74, 6) is 0.991. The van der Waals surface area contributed by atoms with Crippen LogP contribution in [-0.4, -0.2) is 14.7 Å². The smallest absolute Gasteiger partial charge is 0.121 e. The number of hydrogen-bond donors (Lipinski definition) is 1. The number of aryl methyl sites for hydroxylation is 1. The molecule has 1 N–H and O–H groups in total. The van der Waals surface area contributed by atoms with Gasteiger partial charge in [0.2, 0.25) is 0 Å². The lowest BCUT2D eigenvalue weighted by Gasteiger charge is -2.12. The van der Waals surface area contributed by atoms with Crippen molar-refractivity contribution in [3.63, 3.8) is 0 Å². The molecule has 0 spiro atoms. The predicted octanol–water partition coefficient (Wildman–Crippen LogP) is 2.06. The number of hydrogen-bond acceptors (Lipinski definition) is 2. The van der Waals surface area contributed by atoms with E-state index in [0.717, 1.165) is 23.5 Å². The maximum Gasteiger partial charge on any atom is 0.121 e. The van der Waals surface area contributed by atoms with Crippen molar-refractivity contribution in [3.8, 4) is 0 Å². The second-order valence-electron chi connectivity index (χ2n) is 3.83. The SMILES string of the molecule is CCc1ncc(C(O)c2ccccc2)n1C. The van der Waals surface area contributed by atoms with Gasteiger partial charge in [0, 0.05) is 13.5 Å². The quantitative estimate of drug-likeness (QED) is 0.852. The number of aliphatic hydroxyl groups is 1. The monoisotopic (exact) mass is 216 g/mol. The molecule has 1 heterocycles. The lowest BCUT2D eigenvalue weighted by Crippen LogP contribution is -2.07. The van der Waals surface area contributed by atoms with Gasteiger partial charge >= 0.3 is 0 Å². The Morgan fingerprint density at radius 3 is 2.56 bits per heavy atom. The molecule has 1 aromatic carbocycles. The molecule has 1 atom stereocenters. The first-order valence-corrected chi connectivity index (χ1v) is 5.47. The molecule has 1 unspecified atom stereocenters. The van der Waals surface area contributed by atoms with Crippen molar-refractivity contribution in [2.75, 3.05) is 0 Å². The van der Waals surface area contributed by atoms with E-state index in [1.807, 2.05) is 41.9 Å². The van der Waals surface area contributed by atoms with Crippen molar-refractivity contribution in [3.05, 3.63) is 53.6 Å². The predicted molar refractivity (Wildman–Crippen MR) is 63.1 cm³/mol. The Morgan fingerprint density at radius 1 is 1.31 bits per heavy atom. The number of imidazole rings is 1. The Labute approximate surface area is 95.4 Å². The molecule has 0 fully saturated rings. The fourth-order valence-electron chi connectivity index (χ4n) is 1.85. The standard InChI is InChI=1S/C13H16N2O/c1-3-12-14-9-11(15(12)2)13(16)10-7-5-4-6-8-10/h4-9,13,16H,3H2,1-2H3. The zero-order chi connectivity index (χ0) is 11.5. The molecular weight excluding hydrogens is 200 g/mol. The molecule has 16 heavy (non-hydrogen) atoms. The molecule has 0 amide bonds. The van der Waals surface area contributed by atoms with E-state index in [4.69, 9.17) is 0 Å². The van der Waals surface area contributed by atoms with Gasteiger partial charge in [-0.2, -0.15) is 0 Å². The third kappa shape index (κ3) is 1.86. The molecule has 84 valence electrons. The van der Waals surface area contributed by atoms with Gasteiger partial charge in [-0.25, -0.2) is 4.98 Å². The molecular formula is C13H16N2O. The molecule has 2 aromatic rings. The lowest BCUT2D eigenvalue weighted by atomic mass is 10.1. The summed E-state index contributed by atoms with van der Waals surface area (Å²) in [4.78, 5) is 4.28. The number of benzene rings is 1. The van der Waals surface area contributed by atoms with E-state index in [1.165, 1.54) is 0 Å². The molecule has 2 rings (SSSR count). The highest BCUT2D eigenvalue weighted by molar-refractivity contribution is 5.25. The Morgan fingerprint density at radius 2 is 2.00 bits per heavy atom. The number of rotatable bonds is 3. The first-order valence-electron chi connectivity index (χ1n) is 5.47. The normalized spacial score (nSPS) is 12.7. The Bertz CT molecular complexity index is 462. The summed E-state index contributed by atoms with van der Waals surface area (Å²) in [6, 6.07) is 9.63. The van der Waals surface area contributed by atoms with E-state index >= 15 is 0 Å². The van der Waals surface area contributed by atoms with Crippen LogP contribution in [0.3, 0.4) is 0 Å². The van der Waals surface area contributed by atoms with Crippen LogP contribution in [0.5, 0.6) is 0 Å². The van der Waals surface area contributed by atoms with Gasteiger partial charge in [0.1, 0.15) is 11.9 Å². The van der Waals surface area contributed by atoms with Crippen LogP contribution >= 0.6 is 0 Å². The summed E-state index contributed by atoms with van der Waals surface area (Å²) < 4.78 is 1.96. The highest BCUT2D eigenvalue weighted by Gasteiger charge is 2.15. The van der Waals surface area contributed by atoms with Crippen LogP contribution in [0, 0.1) is 0 Å².